The van der Waals surface area contributed by atoms with Crippen molar-refractivity contribution in [3.05, 3.63) is 77.0 Å². The van der Waals surface area contributed by atoms with Gasteiger partial charge in [0.25, 0.3) is 0 Å². The van der Waals surface area contributed by atoms with Gasteiger partial charge in [-0.3, -0.25) is 4.90 Å². The molecule has 3 aromatic rings. The van der Waals surface area contributed by atoms with Crippen molar-refractivity contribution in [3.63, 3.8) is 0 Å². The molecule has 4 heteroatoms. The SMILES string of the molecule is COC(=O)/C=C/c1ccc(CN2CC(C)C[C@@H]2Cc2c(C)[nH]c3ccccc23)cc1. The third kappa shape index (κ3) is 4.49. The molecule has 4 rings (SSSR count). The van der Waals surface area contributed by atoms with Crippen molar-refractivity contribution in [2.24, 2.45) is 5.92 Å². The first-order valence-electron chi connectivity index (χ1n) is 10.7. The molecule has 0 spiro atoms. The Balaban J connectivity index is 1.47. The Hall–Kier alpha value is -2.85. The summed E-state index contributed by atoms with van der Waals surface area (Å²) in [5.41, 5.74) is 6.29. The quantitative estimate of drug-likeness (QED) is 0.460. The molecule has 2 atom stereocenters. The van der Waals surface area contributed by atoms with Crippen molar-refractivity contribution < 1.29 is 9.53 Å². The summed E-state index contributed by atoms with van der Waals surface area (Å²) in [6.07, 6.45) is 5.56. The minimum Gasteiger partial charge on any atom is -0.466 e. The predicted molar refractivity (Wildman–Crippen MR) is 122 cm³/mol. The minimum atomic E-state index is -0.333. The average molecular weight is 403 g/mol. The van der Waals surface area contributed by atoms with Gasteiger partial charge >= 0.3 is 5.97 Å². The van der Waals surface area contributed by atoms with E-state index in [4.69, 9.17) is 0 Å². The van der Waals surface area contributed by atoms with Crippen molar-refractivity contribution in [2.45, 2.75) is 39.3 Å². The van der Waals surface area contributed by atoms with Gasteiger partial charge in [-0.2, -0.15) is 0 Å². The standard InChI is InChI=1S/C26H30N2O2/c1-18-14-22(15-24-19(2)27-25-7-5-4-6-23(24)25)28(16-18)17-21-10-8-20(9-11-21)12-13-26(29)30-3/h4-13,18,22,27H,14-17H2,1-3H3/b13-12+/t18?,22-/m1/s1. The molecule has 1 aromatic heterocycles. The van der Waals surface area contributed by atoms with Crippen molar-refractivity contribution in [1.29, 1.82) is 0 Å². The number of nitrogens with one attached hydrogen (secondary N) is 1. The molecule has 1 saturated heterocycles. The van der Waals surface area contributed by atoms with Crippen LogP contribution in [0.5, 0.6) is 0 Å². The summed E-state index contributed by atoms with van der Waals surface area (Å²) in [6.45, 7) is 6.64. The molecule has 1 aliphatic heterocycles. The number of nitrogens with zero attached hydrogens (tertiary/aromatic N) is 1. The Labute approximate surface area is 178 Å². The van der Waals surface area contributed by atoms with Crippen LogP contribution in [-0.2, 0) is 22.5 Å². The van der Waals surface area contributed by atoms with Gasteiger partial charge in [-0.25, -0.2) is 4.79 Å². The lowest BCUT2D eigenvalue weighted by Crippen LogP contribution is -2.30. The molecular weight excluding hydrogens is 372 g/mol. The minimum absolute atomic E-state index is 0.333. The second-order valence-corrected chi connectivity index (χ2v) is 8.50. The largest absolute Gasteiger partial charge is 0.466 e. The Morgan fingerprint density at radius 2 is 1.97 bits per heavy atom. The third-order valence-electron chi connectivity index (χ3n) is 6.18. The van der Waals surface area contributed by atoms with Crippen LogP contribution in [0.2, 0.25) is 0 Å². The fourth-order valence-corrected chi connectivity index (χ4v) is 4.68. The number of para-hydroxylation sites is 1. The second kappa shape index (κ2) is 8.88. The number of aromatic nitrogens is 1. The van der Waals surface area contributed by atoms with E-state index in [-0.39, 0.29) is 5.97 Å². The highest BCUT2D eigenvalue weighted by Gasteiger charge is 2.30. The number of esters is 1. The number of aromatic amines is 1. The maximum Gasteiger partial charge on any atom is 0.330 e. The van der Waals surface area contributed by atoms with E-state index in [0.29, 0.717) is 12.0 Å². The topological polar surface area (TPSA) is 45.3 Å². The summed E-state index contributed by atoms with van der Waals surface area (Å²) >= 11 is 0. The number of carbonyl (C=O) groups is 1. The predicted octanol–water partition coefficient (Wildman–Crippen LogP) is 5.12. The second-order valence-electron chi connectivity index (χ2n) is 8.50. The van der Waals surface area contributed by atoms with Gasteiger partial charge in [-0.15, -0.1) is 0 Å². The molecule has 156 valence electrons. The Morgan fingerprint density at radius 1 is 1.20 bits per heavy atom. The number of benzene rings is 2. The fourth-order valence-electron chi connectivity index (χ4n) is 4.68. The zero-order valence-corrected chi connectivity index (χ0v) is 18.0. The zero-order valence-electron chi connectivity index (χ0n) is 18.0. The third-order valence-corrected chi connectivity index (χ3v) is 6.18. The number of fused-ring (bicyclic) bond motifs is 1. The number of likely N-dealkylation sites (tertiary alicyclic amines) is 1. The van der Waals surface area contributed by atoms with Gasteiger partial charge in [0.05, 0.1) is 7.11 Å². The van der Waals surface area contributed by atoms with Crippen LogP contribution in [0.3, 0.4) is 0 Å². The van der Waals surface area contributed by atoms with Gasteiger partial charge in [-0.05, 0) is 54.5 Å². The first kappa shape index (κ1) is 20.4. The van der Waals surface area contributed by atoms with E-state index < -0.39 is 0 Å². The van der Waals surface area contributed by atoms with Crippen LogP contribution in [0.25, 0.3) is 17.0 Å². The first-order valence-corrected chi connectivity index (χ1v) is 10.7. The van der Waals surface area contributed by atoms with Crippen LogP contribution in [0.1, 0.15) is 35.7 Å². The van der Waals surface area contributed by atoms with E-state index in [2.05, 4.69) is 77.0 Å². The van der Waals surface area contributed by atoms with E-state index in [1.165, 1.54) is 47.3 Å². The van der Waals surface area contributed by atoms with Crippen molar-refractivity contribution in [2.75, 3.05) is 13.7 Å². The summed E-state index contributed by atoms with van der Waals surface area (Å²) in [5, 5.41) is 1.36. The van der Waals surface area contributed by atoms with Crippen molar-refractivity contribution >= 4 is 22.9 Å². The number of H-pyrrole nitrogens is 1. The van der Waals surface area contributed by atoms with Crippen LogP contribution in [0, 0.1) is 12.8 Å². The first-order chi connectivity index (χ1) is 14.5. The number of aryl methyl sites for hydroxylation is 1. The highest BCUT2D eigenvalue weighted by atomic mass is 16.5. The van der Waals surface area contributed by atoms with Gasteiger partial charge in [0.1, 0.15) is 0 Å². The number of carbonyl (C=O) groups excluding carboxylic acids is 1. The maximum absolute atomic E-state index is 11.3. The normalized spacial score (nSPS) is 19.7. The molecule has 0 saturated carbocycles. The number of hydrogen-bond acceptors (Lipinski definition) is 3. The summed E-state index contributed by atoms with van der Waals surface area (Å²) in [5.74, 6) is 0.378. The van der Waals surface area contributed by atoms with Crippen LogP contribution in [0.4, 0.5) is 0 Å². The Kier molecular flexibility index (Phi) is 6.05. The van der Waals surface area contributed by atoms with Gasteiger partial charge in [0.2, 0.25) is 0 Å². The van der Waals surface area contributed by atoms with E-state index in [1.807, 2.05) is 0 Å². The molecule has 2 aromatic carbocycles. The van der Waals surface area contributed by atoms with E-state index in [9.17, 15) is 4.79 Å². The molecule has 1 unspecified atom stereocenters. The highest BCUT2D eigenvalue weighted by molar-refractivity contribution is 5.87. The molecule has 1 fully saturated rings. The summed E-state index contributed by atoms with van der Waals surface area (Å²) < 4.78 is 4.65. The van der Waals surface area contributed by atoms with Crippen LogP contribution in [0.15, 0.2) is 54.6 Å². The molecule has 0 amide bonds. The lowest BCUT2D eigenvalue weighted by molar-refractivity contribution is -0.134. The monoisotopic (exact) mass is 402 g/mol. The van der Waals surface area contributed by atoms with Crippen molar-refractivity contribution in [1.82, 2.24) is 9.88 Å². The van der Waals surface area contributed by atoms with Crippen LogP contribution in [-0.4, -0.2) is 35.5 Å². The molecule has 0 radical (unpaired) electrons. The van der Waals surface area contributed by atoms with Gasteiger partial charge in [0.15, 0.2) is 0 Å². The lowest BCUT2D eigenvalue weighted by Gasteiger charge is -2.25. The molecular formula is C26H30N2O2. The highest BCUT2D eigenvalue weighted by Crippen LogP contribution is 2.31. The number of methoxy groups -OCH3 is 1. The Bertz CT molecular complexity index is 1050. The lowest BCUT2D eigenvalue weighted by atomic mass is 9.98. The number of ether oxygens (including phenoxy) is 1. The van der Waals surface area contributed by atoms with E-state index in [1.54, 1.807) is 6.08 Å². The number of hydrogen-bond donors (Lipinski definition) is 1. The Morgan fingerprint density at radius 3 is 2.73 bits per heavy atom. The fraction of sp³-hybridized carbons (Fsp3) is 0.346. The van der Waals surface area contributed by atoms with Gasteiger partial charge in [-0.1, -0.05) is 49.4 Å². The summed E-state index contributed by atoms with van der Waals surface area (Å²) in [7, 11) is 1.39. The molecule has 1 N–H and O–H groups in total. The summed E-state index contributed by atoms with van der Waals surface area (Å²) in [4.78, 5) is 17.4. The van der Waals surface area contributed by atoms with Gasteiger partial charge in [0, 0.05) is 41.8 Å². The molecule has 30 heavy (non-hydrogen) atoms. The van der Waals surface area contributed by atoms with E-state index >= 15 is 0 Å². The van der Waals surface area contributed by atoms with Crippen molar-refractivity contribution in [3.8, 4) is 0 Å². The zero-order chi connectivity index (χ0) is 21.1. The van der Waals surface area contributed by atoms with Gasteiger partial charge < -0.3 is 9.72 Å². The maximum atomic E-state index is 11.3. The molecule has 4 nitrogen and oxygen atoms in total. The van der Waals surface area contributed by atoms with Crippen LogP contribution >= 0.6 is 0 Å². The number of rotatable bonds is 6. The molecule has 0 aliphatic carbocycles. The molecule has 2 heterocycles. The average Bonchev–Trinajstić information content (AvgIpc) is 3.26. The summed E-state index contributed by atoms with van der Waals surface area (Å²) in [6, 6.07) is 17.6. The van der Waals surface area contributed by atoms with E-state index in [0.717, 1.165) is 25.1 Å². The van der Waals surface area contributed by atoms with Crippen LogP contribution < -0.4 is 0 Å². The molecule has 1 aliphatic rings. The molecule has 0 bridgehead atoms. The smallest absolute Gasteiger partial charge is 0.330 e.